The zero-order chi connectivity index (χ0) is 18.1. The van der Waals surface area contributed by atoms with Gasteiger partial charge < -0.3 is 15.5 Å². The zero-order valence-corrected chi connectivity index (χ0v) is 16.8. The first-order chi connectivity index (χ1) is 12.1. The smallest absolute Gasteiger partial charge is 0.253 e. The normalized spacial score (nSPS) is 10.1. The van der Waals surface area contributed by atoms with Crippen LogP contribution in [0.1, 0.15) is 28.1 Å². The molecule has 2 aromatic rings. The highest BCUT2D eigenvalue weighted by atomic mass is 35.5. The quantitative estimate of drug-likeness (QED) is 0.683. The monoisotopic (exact) mass is 395 g/mol. The predicted molar refractivity (Wildman–Crippen MR) is 110 cm³/mol. The summed E-state index contributed by atoms with van der Waals surface area (Å²) in [6.45, 7) is 1.37. The summed E-state index contributed by atoms with van der Waals surface area (Å²) in [6, 6.07) is 11.2. The van der Waals surface area contributed by atoms with Crippen molar-refractivity contribution in [1.82, 2.24) is 10.2 Å². The van der Waals surface area contributed by atoms with Gasteiger partial charge >= 0.3 is 0 Å². The lowest BCUT2D eigenvalue weighted by atomic mass is 10.1. The predicted octanol–water partition coefficient (Wildman–Crippen LogP) is 3.42. The lowest BCUT2D eigenvalue weighted by Crippen LogP contribution is -2.32. The number of rotatable bonds is 9. The molecule has 0 atom stereocenters. The second-order valence-corrected chi connectivity index (χ2v) is 6.92. The van der Waals surface area contributed by atoms with Crippen LogP contribution >= 0.6 is 23.7 Å². The minimum atomic E-state index is -0.0518. The van der Waals surface area contributed by atoms with E-state index < -0.39 is 0 Å². The molecule has 1 aromatic heterocycles. The Morgan fingerprint density at radius 2 is 2.00 bits per heavy atom. The molecule has 26 heavy (non-hydrogen) atoms. The van der Waals surface area contributed by atoms with E-state index in [2.05, 4.69) is 16.7 Å². The molecule has 0 saturated heterocycles. The van der Waals surface area contributed by atoms with Gasteiger partial charge in [0.2, 0.25) is 5.91 Å². The van der Waals surface area contributed by atoms with E-state index in [4.69, 9.17) is 0 Å². The van der Waals surface area contributed by atoms with Gasteiger partial charge in [0.25, 0.3) is 5.91 Å². The molecule has 2 rings (SSSR count). The first-order valence-electron chi connectivity index (χ1n) is 8.42. The molecule has 1 aromatic carbocycles. The van der Waals surface area contributed by atoms with Gasteiger partial charge in [0.15, 0.2) is 0 Å². The van der Waals surface area contributed by atoms with Crippen molar-refractivity contribution < 1.29 is 9.59 Å². The molecule has 0 aliphatic carbocycles. The third kappa shape index (κ3) is 7.15. The average Bonchev–Trinajstić information content (AvgIpc) is 3.12. The molecule has 0 unspecified atom stereocenters. The van der Waals surface area contributed by atoms with Crippen LogP contribution in [0.25, 0.3) is 0 Å². The SMILES string of the molecule is CNCCN(C)C(=O)c1cccc(NC(=O)CCCc2cccs2)c1.Cl. The highest BCUT2D eigenvalue weighted by molar-refractivity contribution is 7.09. The average molecular weight is 396 g/mol. The molecule has 1 heterocycles. The van der Waals surface area contributed by atoms with Crippen LogP contribution in [0, 0.1) is 0 Å². The van der Waals surface area contributed by atoms with E-state index in [0.717, 1.165) is 19.4 Å². The summed E-state index contributed by atoms with van der Waals surface area (Å²) in [5, 5.41) is 7.95. The van der Waals surface area contributed by atoms with Crippen molar-refractivity contribution in [1.29, 1.82) is 0 Å². The zero-order valence-electron chi connectivity index (χ0n) is 15.2. The van der Waals surface area contributed by atoms with E-state index in [0.29, 0.717) is 24.2 Å². The van der Waals surface area contributed by atoms with Crippen molar-refractivity contribution in [2.75, 3.05) is 32.5 Å². The standard InChI is InChI=1S/C19H25N3O2S.ClH/c1-20-11-12-22(2)19(24)15-6-3-7-16(14-15)21-18(23)10-4-8-17-9-5-13-25-17;/h3,5-7,9,13-14,20H,4,8,10-12H2,1-2H3,(H,21,23);1H. The van der Waals surface area contributed by atoms with E-state index in [1.54, 1.807) is 41.5 Å². The number of halogens is 1. The Morgan fingerprint density at radius 1 is 1.19 bits per heavy atom. The first-order valence-corrected chi connectivity index (χ1v) is 9.30. The summed E-state index contributed by atoms with van der Waals surface area (Å²) in [5.41, 5.74) is 1.24. The number of anilines is 1. The van der Waals surface area contributed by atoms with Crippen LogP contribution in [0.2, 0.25) is 0 Å². The molecule has 0 aliphatic heterocycles. The van der Waals surface area contributed by atoms with Gasteiger partial charge in [0.1, 0.15) is 0 Å². The molecule has 2 amide bonds. The Bertz CT molecular complexity index is 692. The Morgan fingerprint density at radius 3 is 2.69 bits per heavy atom. The molecule has 0 spiro atoms. The van der Waals surface area contributed by atoms with E-state index in [1.165, 1.54) is 4.88 Å². The fourth-order valence-corrected chi connectivity index (χ4v) is 3.18. The number of benzene rings is 1. The van der Waals surface area contributed by atoms with Crippen LogP contribution in [-0.2, 0) is 11.2 Å². The number of thiophene rings is 1. The molecular weight excluding hydrogens is 370 g/mol. The number of hydrogen-bond donors (Lipinski definition) is 2. The number of nitrogens with one attached hydrogen (secondary N) is 2. The highest BCUT2D eigenvalue weighted by Gasteiger charge is 2.12. The fraction of sp³-hybridized carbons (Fsp3) is 0.368. The van der Waals surface area contributed by atoms with Gasteiger partial charge in [-0.3, -0.25) is 9.59 Å². The fourth-order valence-electron chi connectivity index (χ4n) is 2.43. The summed E-state index contributed by atoms with van der Waals surface area (Å²) in [6.07, 6.45) is 2.20. The van der Waals surface area contributed by atoms with Gasteiger partial charge in [-0.25, -0.2) is 0 Å². The number of carbonyl (C=O) groups is 2. The van der Waals surface area contributed by atoms with Gasteiger partial charge in [-0.05, 0) is 49.5 Å². The topological polar surface area (TPSA) is 61.4 Å². The van der Waals surface area contributed by atoms with E-state index in [9.17, 15) is 9.59 Å². The molecule has 0 radical (unpaired) electrons. The summed E-state index contributed by atoms with van der Waals surface area (Å²) in [4.78, 5) is 27.4. The summed E-state index contributed by atoms with van der Waals surface area (Å²) < 4.78 is 0. The van der Waals surface area contributed by atoms with Gasteiger partial charge in [-0.15, -0.1) is 23.7 Å². The molecule has 7 heteroatoms. The molecule has 142 valence electrons. The molecule has 0 saturated carbocycles. The summed E-state index contributed by atoms with van der Waals surface area (Å²) >= 11 is 1.71. The molecular formula is C19H26ClN3O2S. The lowest BCUT2D eigenvalue weighted by molar-refractivity contribution is -0.116. The van der Waals surface area contributed by atoms with Crippen LogP contribution < -0.4 is 10.6 Å². The Labute approximate surface area is 165 Å². The van der Waals surface area contributed by atoms with Gasteiger partial charge in [-0.2, -0.15) is 0 Å². The third-order valence-electron chi connectivity index (χ3n) is 3.84. The van der Waals surface area contributed by atoms with E-state index >= 15 is 0 Å². The van der Waals surface area contributed by atoms with E-state index in [1.807, 2.05) is 24.6 Å². The summed E-state index contributed by atoms with van der Waals surface area (Å²) in [5.74, 6) is -0.0752. The van der Waals surface area contributed by atoms with Crippen molar-refractivity contribution in [3.8, 4) is 0 Å². The van der Waals surface area contributed by atoms with Crippen molar-refractivity contribution in [3.05, 3.63) is 52.2 Å². The van der Waals surface area contributed by atoms with Crippen molar-refractivity contribution in [2.24, 2.45) is 0 Å². The van der Waals surface area contributed by atoms with Gasteiger partial charge in [-0.1, -0.05) is 12.1 Å². The number of carbonyl (C=O) groups excluding carboxylic acids is 2. The van der Waals surface area contributed by atoms with Crippen LogP contribution in [0.5, 0.6) is 0 Å². The number of amides is 2. The number of aryl methyl sites for hydroxylation is 1. The second kappa shape index (κ2) is 11.7. The Balaban J connectivity index is 0.00000338. The Kier molecular flexibility index (Phi) is 9.95. The van der Waals surface area contributed by atoms with Crippen LogP contribution in [-0.4, -0.2) is 43.9 Å². The maximum atomic E-state index is 12.4. The molecule has 0 bridgehead atoms. The van der Waals surface area contributed by atoms with Crippen LogP contribution in [0.4, 0.5) is 5.69 Å². The Hall–Kier alpha value is -1.89. The molecule has 0 aliphatic rings. The second-order valence-electron chi connectivity index (χ2n) is 5.89. The van der Waals surface area contributed by atoms with Crippen LogP contribution in [0.15, 0.2) is 41.8 Å². The maximum Gasteiger partial charge on any atom is 0.253 e. The van der Waals surface area contributed by atoms with Gasteiger partial charge in [0, 0.05) is 42.7 Å². The molecule has 0 fully saturated rings. The van der Waals surface area contributed by atoms with Gasteiger partial charge in [0.05, 0.1) is 0 Å². The maximum absolute atomic E-state index is 12.4. The van der Waals surface area contributed by atoms with Crippen molar-refractivity contribution in [2.45, 2.75) is 19.3 Å². The number of hydrogen-bond acceptors (Lipinski definition) is 4. The summed E-state index contributed by atoms with van der Waals surface area (Å²) in [7, 11) is 3.63. The largest absolute Gasteiger partial charge is 0.340 e. The number of likely N-dealkylation sites (N-methyl/N-ethyl adjacent to an activating group) is 2. The minimum absolute atomic E-state index is 0. The van der Waals surface area contributed by atoms with E-state index in [-0.39, 0.29) is 24.2 Å². The lowest BCUT2D eigenvalue weighted by Gasteiger charge is -2.17. The van der Waals surface area contributed by atoms with Crippen molar-refractivity contribution in [3.63, 3.8) is 0 Å². The minimum Gasteiger partial charge on any atom is -0.340 e. The first kappa shape index (κ1) is 22.2. The molecule has 5 nitrogen and oxygen atoms in total. The highest BCUT2D eigenvalue weighted by Crippen LogP contribution is 2.15. The molecule has 2 N–H and O–H groups in total. The number of nitrogens with zero attached hydrogens (tertiary/aromatic N) is 1. The van der Waals surface area contributed by atoms with Crippen LogP contribution in [0.3, 0.4) is 0 Å². The van der Waals surface area contributed by atoms with Crippen molar-refractivity contribution >= 4 is 41.2 Å². The third-order valence-corrected chi connectivity index (χ3v) is 4.78.